The predicted octanol–water partition coefficient (Wildman–Crippen LogP) is 2.91. The van der Waals surface area contributed by atoms with Gasteiger partial charge in [0.15, 0.2) is 0 Å². The number of aryl methyl sites for hydroxylation is 1. The smallest absolute Gasteiger partial charge is 0.339 e. The van der Waals surface area contributed by atoms with E-state index in [1.165, 1.54) is 19.3 Å². The van der Waals surface area contributed by atoms with Crippen molar-refractivity contribution in [2.24, 2.45) is 5.92 Å². The SMILES string of the molecule is CCC1CCCN(Cc2cc(C(=O)O)c(C)o2)C1. The van der Waals surface area contributed by atoms with E-state index in [0.29, 0.717) is 5.76 Å². The summed E-state index contributed by atoms with van der Waals surface area (Å²) < 4.78 is 5.53. The molecule has 0 amide bonds. The van der Waals surface area contributed by atoms with Crippen LogP contribution in [-0.4, -0.2) is 29.1 Å². The molecule has 1 aromatic rings. The number of aromatic carboxylic acids is 1. The molecule has 1 aliphatic heterocycles. The van der Waals surface area contributed by atoms with Gasteiger partial charge in [-0.1, -0.05) is 13.3 Å². The maximum Gasteiger partial charge on any atom is 0.339 e. The number of carbonyl (C=O) groups is 1. The van der Waals surface area contributed by atoms with Gasteiger partial charge in [-0.05, 0) is 38.3 Å². The van der Waals surface area contributed by atoms with Crippen LogP contribution in [0.5, 0.6) is 0 Å². The molecule has 1 atom stereocenters. The molecule has 1 N–H and O–H groups in total. The average molecular weight is 251 g/mol. The standard InChI is InChI=1S/C14H21NO3/c1-3-11-5-4-6-15(8-11)9-12-7-13(14(16)17)10(2)18-12/h7,11H,3-6,8-9H2,1-2H3,(H,16,17). The van der Waals surface area contributed by atoms with Crippen LogP contribution in [0, 0.1) is 12.8 Å². The van der Waals surface area contributed by atoms with E-state index in [4.69, 9.17) is 9.52 Å². The van der Waals surface area contributed by atoms with Gasteiger partial charge in [-0.2, -0.15) is 0 Å². The Balaban J connectivity index is 2.00. The summed E-state index contributed by atoms with van der Waals surface area (Å²) in [5, 5.41) is 8.99. The molecule has 0 bridgehead atoms. The van der Waals surface area contributed by atoms with E-state index in [0.717, 1.165) is 31.3 Å². The van der Waals surface area contributed by atoms with Crippen molar-refractivity contribution < 1.29 is 14.3 Å². The first kappa shape index (κ1) is 13.1. The average Bonchev–Trinajstić information content (AvgIpc) is 2.70. The number of hydrogen-bond donors (Lipinski definition) is 1. The molecule has 4 heteroatoms. The first-order chi connectivity index (χ1) is 8.60. The van der Waals surface area contributed by atoms with Crippen LogP contribution in [0.25, 0.3) is 0 Å². The largest absolute Gasteiger partial charge is 0.478 e. The highest BCUT2D eigenvalue weighted by atomic mass is 16.4. The van der Waals surface area contributed by atoms with Crippen molar-refractivity contribution in [1.29, 1.82) is 0 Å². The van der Waals surface area contributed by atoms with E-state index in [1.807, 2.05) is 0 Å². The number of likely N-dealkylation sites (tertiary alicyclic amines) is 1. The third-order valence-corrected chi connectivity index (χ3v) is 3.76. The zero-order chi connectivity index (χ0) is 13.1. The summed E-state index contributed by atoms with van der Waals surface area (Å²) in [7, 11) is 0. The van der Waals surface area contributed by atoms with Gasteiger partial charge in [-0.15, -0.1) is 0 Å². The van der Waals surface area contributed by atoms with Crippen LogP contribution in [0.3, 0.4) is 0 Å². The third-order valence-electron chi connectivity index (χ3n) is 3.76. The Morgan fingerprint density at radius 1 is 1.61 bits per heavy atom. The number of rotatable bonds is 4. The van der Waals surface area contributed by atoms with Gasteiger partial charge < -0.3 is 9.52 Å². The summed E-state index contributed by atoms with van der Waals surface area (Å²) in [6, 6.07) is 1.66. The number of nitrogens with zero attached hydrogens (tertiary/aromatic N) is 1. The molecule has 0 aliphatic carbocycles. The minimum absolute atomic E-state index is 0.286. The van der Waals surface area contributed by atoms with E-state index >= 15 is 0 Å². The van der Waals surface area contributed by atoms with Gasteiger partial charge in [0.25, 0.3) is 0 Å². The Morgan fingerprint density at radius 3 is 3.00 bits per heavy atom. The molecule has 2 heterocycles. The van der Waals surface area contributed by atoms with Crippen LogP contribution >= 0.6 is 0 Å². The number of furan rings is 1. The van der Waals surface area contributed by atoms with Crippen molar-refractivity contribution in [3.05, 3.63) is 23.2 Å². The number of carboxylic acids is 1. The van der Waals surface area contributed by atoms with Crippen LogP contribution in [-0.2, 0) is 6.54 Å². The van der Waals surface area contributed by atoms with Crippen molar-refractivity contribution in [1.82, 2.24) is 4.90 Å². The van der Waals surface area contributed by atoms with Crippen molar-refractivity contribution in [3.8, 4) is 0 Å². The Morgan fingerprint density at radius 2 is 2.39 bits per heavy atom. The molecule has 0 aromatic carbocycles. The number of piperidine rings is 1. The van der Waals surface area contributed by atoms with Crippen molar-refractivity contribution in [2.75, 3.05) is 13.1 Å². The van der Waals surface area contributed by atoms with Gasteiger partial charge in [0, 0.05) is 6.54 Å². The first-order valence-electron chi connectivity index (χ1n) is 6.65. The molecular weight excluding hydrogens is 230 g/mol. The minimum atomic E-state index is -0.910. The summed E-state index contributed by atoms with van der Waals surface area (Å²) >= 11 is 0. The normalized spacial score (nSPS) is 21.1. The van der Waals surface area contributed by atoms with Crippen molar-refractivity contribution in [2.45, 2.75) is 39.7 Å². The molecular formula is C14H21NO3. The summed E-state index contributed by atoms with van der Waals surface area (Å²) in [5.41, 5.74) is 0.286. The Kier molecular flexibility index (Phi) is 4.07. The quantitative estimate of drug-likeness (QED) is 0.894. The van der Waals surface area contributed by atoms with E-state index < -0.39 is 5.97 Å². The summed E-state index contributed by atoms with van der Waals surface area (Å²) in [4.78, 5) is 13.3. The second-order valence-electron chi connectivity index (χ2n) is 5.14. The fraction of sp³-hybridized carbons (Fsp3) is 0.643. The van der Waals surface area contributed by atoms with Gasteiger partial charge in [-0.25, -0.2) is 4.79 Å². The molecule has 1 aromatic heterocycles. The lowest BCUT2D eigenvalue weighted by molar-refractivity contribution is 0.0695. The molecule has 18 heavy (non-hydrogen) atoms. The molecule has 2 rings (SSSR count). The molecule has 1 saturated heterocycles. The highest BCUT2D eigenvalue weighted by Gasteiger charge is 2.21. The van der Waals surface area contributed by atoms with Crippen LogP contribution in [0.15, 0.2) is 10.5 Å². The number of carboxylic acid groups (broad SMARTS) is 1. The van der Waals surface area contributed by atoms with E-state index in [9.17, 15) is 4.79 Å². The lowest BCUT2D eigenvalue weighted by atomic mass is 9.96. The topological polar surface area (TPSA) is 53.7 Å². The van der Waals surface area contributed by atoms with Crippen LogP contribution in [0.4, 0.5) is 0 Å². The van der Waals surface area contributed by atoms with Gasteiger partial charge >= 0.3 is 5.97 Å². The van der Waals surface area contributed by atoms with Gasteiger partial charge in [0.1, 0.15) is 17.1 Å². The fourth-order valence-electron chi connectivity index (χ4n) is 2.68. The summed E-state index contributed by atoms with van der Waals surface area (Å²) in [6.45, 7) is 6.84. The highest BCUT2D eigenvalue weighted by molar-refractivity contribution is 5.88. The van der Waals surface area contributed by atoms with E-state index in [-0.39, 0.29) is 5.56 Å². The second kappa shape index (κ2) is 5.57. The fourth-order valence-corrected chi connectivity index (χ4v) is 2.68. The van der Waals surface area contributed by atoms with Gasteiger partial charge in [0.05, 0.1) is 6.54 Å². The second-order valence-corrected chi connectivity index (χ2v) is 5.14. The predicted molar refractivity (Wildman–Crippen MR) is 68.7 cm³/mol. The van der Waals surface area contributed by atoms with Gasteiger partial charge in [0.2, 0.25) is 0 Å². The maximum atomic E-state index is 11.0. The zero-order valence-corrected chi connectivity index (χ0v) is 11.1. The molecule has 100 valence electrons. The van der Waals surface area contributed by atoms with Gasteiger partial charge in [-0.3, -0.25) is 4.90 Å². The molecule has 1 fully saturated rings. The lowest BCUT2D eigenvalue weighted by Crippen LogP contribution is -2.34. The zero-order valence-electron chi connectivity index (χ0n) is 11.1. The molecule has 1 unspecified atom stereocenters. The van der Waals surface area contributed by atoms with Crippen LogP contribution in [0.1, 0.15) is 48.1 Å². The molecule has 0 saturated carbocycles. The summed E-state index contributed by atoms with van der Waals surface area (Å²) in [5.74, 6) is 1.13. The molecule has 4 nitrogen and oxygen atoms in total. The Labute approximate surface area is 108 Å². The lowest BCUT2D eigenvalue weighted by Gasteiger charge is -2.31. The Hall–Kier alpha value is -1.29. The first-order valence-corrected chi connectivity index (χ1v) is 6.65. The minimum Gasteiger partial charge on any atom is -0.478 e. The summed E-state index contributed by atoms with van der Waals surface area (Å²) in [6.07, 6.45) is 3.75. The highest BCUT2D eigenvalue weighted by Crippen LogP contribution is 2.22. The third kappa shape index (κ3) is 2.93. The van der Waals surface area contributed by atoms with Crippen LogP contribution < -0.4 is 0 Å². The Bertz CT molecular complexity index is 425. The molecule has 1 aliphatic rings. The monoisotopic (exact) mass is 251 g/mol. The molecule has 0 spiro atoms. The van der Waals surface area contributed by atoms with Crippen molar-refractivity contribution >= 4 is 5.97 Å². The number of hydrogen-bond acceptors (Lipinski definition) is 3. The maximum absolute atomic E-state index is 11.0. The molecule has 0 radical (unpaired) electrons. The van der Waals surface area contributed by atoms with Crippen molar-refractivity contribution in [3.63, 3.8) is 0 Å². The van der Waals surface area contributed by atoms with E-state index in [2.05, 4.69) is 11.8 Å². The van der Waals surface area contributed by atoms with E-state index in [1.54, 1.807) is 13.0 Å². The van der Waals surface area contributed by atoms with Crippen LogP contribution in [0.2, 0.25) is 0 Å².